The van der Waals surface area contributed by atoms with Crippen molar-refractivity contribution in [2.75, 3.05) is 7.11 Å². The molecule has 4 heteroatoms. The molecular weight excluding hydrogens is 254 g/mol. The molecule has 0 saturated carbocycles. The Labute approximate surface area is 121 Å². The van der Waals surface area contributed by atoms with E-state index in [1.54, 1.807) is 13.8 Å². The standard InChI is InChI=1S/C16H25NO3/c1-15(2,3)20-12-9-7-11(8-10-12)13(17)16(4,5)14(18)19-6/h7-10,13H,17H2,1-6H3/t13-/m1/s1. The molecule has 0 aliphatic heterocycles. The minimum atomic E-state index is -0.777. The Bertz CT molecular complexity index is 458. The van der Waals surface area contributed by atoms with Gasteiger partial charge in [0.25, 0.3) is 0 Å². The average Bonchev–Trinajstić information content (AvgIpc) is 2.35. The van der Waals surface area contributed by atoms with E-state index in [1.807, 2.05) is 45.0 Å². The molecule has 2 N–H and O–H groups in total. The van der Waals surface area contributed by atoms with Gasteiger partial charge in [-0.25, -0.2) is 0 Å². The van der Waals surface area contributed by atoms with E-state index in [4.69, 9.17) is 15.2 Å². The van der Waals surface area contributed by atoms with Gasteiger partial charge in [-0.15, -0.1) is 0 Å². The van der Waals surface area contributed by atoms with Crippen molar-refractivity contribution in [1.82, 2.24) is 0 Å². The highest BCUT2D eigenvalue weighted by Crippen LogP contribution is 2.33. The molecule has 112 valence electrons. The smallest absolute Gasteiger partial charge is 0.313 e. The van der Waals surface area contributed by atoms with Crippen molar-refractivity contribution < 1.29 is 14.3 Å². The molecule has 0 heterocycles. The molecule has 0 unspecified atom stereocenters. The van der Waals surface area contributed by atoms with Gasteiger partial charge < -0.3 is 15.2 Å². The molecule has 0 aliphatic rings. The zero-order valence-corrected chi connectivity index (χ0v) is 13.2. The molecule has 0 bridgehead atoms. The van der Waals surface area contributed by atoms with Gasteiger partial charge in [-0.3, -0.25) is 4.79 Å². The van der Waals surface area contributed by atoms with Crippen molar-refractivity contribution in [3.63, 3.8) is 0 Å². The summed E-state index contributed by atoms with van der Waals surface area (Å²) in [6, 6.07) is 7.08. The number of hydrogen-bond acceptors (Lipinski definition) is 4. The number of hydrogen-bond donors (Lipinski definition) is 1. The molecule has 1 aromatic carbocycles. The summed E-state index contributed by atoms with van der Waals surface area (Å²) >= 11 is 0. The molecular formula is C16H25NO3. The Morgan fingerprint density at radius 1 is 1.10 bits per heavy atom. The molecule has 1 atom stereocenters. The van der Waals surface area contributed by atoms with Crippen LogP contribution in [0.2, 0.25) is 0 Å². The summed E-state index contributed by atoms with van der Waals surface area (Å²) in [4.78, 5) is 11.8. The lowest BCUT2D eigenvalue weighted by Gasteiger charge is -2.29. The second-order valence-electron chi connectivity index (χ2n) is 6.47. The minimum absolute atomic E-state index is 0.241. The predicted octanol–water partition coefficient (Wildman–Crippen LogP) is 3.06. The lowest BCUT2D eigenvalue weighted by molar-refractivity contribution is -0.152. The first-order valence-corrected chi connectivity index (χ1v) is 6.71. The maximum Gasteiger partial charge on any atom is 0.313 e. The molecule has 20 heavy (non-hydrogen) atoms. The number of methoxy groups -OCH3 is 1. The number of nitrogens with two attached hydrogens (primary N) is 1. The van der Waals surface area contributed by atoms with Crippen molar-refractivity contribution in [3.8, 4) is 5.75 Å². The Morgan fingerprint density at radius 3 is 2.00 bits per heavy atom. The van der Waals surface area contributed by atoms with Gasteiger partial charge in [0.1, 0.15) is 11.4 Å². The third-order valence-corrected chi connectivity index (χ3v) is 3.15. The summed E-state index contributed by atoms with van der Waals surface area (Å²) in [6.45, 7) is 9.54. The highest BCUT2D eigenvalue weighted by molar-refractivity contribution is 5.77. The van der Waals surface area contributed by atoms with Crippen LogP contribution in [0.1, 0.15) is 46.2 Å². The number of esters is 1. The maximum absolute atomic E-state index is 11.8. The summed E-state index contributed by atoms with van der Waals surface area (Å²) < 4.78 is 10.6. The zero-order chi connectivity index (χ0) is 15.6. The van der Waals surface area contributed by atoms with Crippen molar-refractivity contribution in [2.24, 2.45) is 11.1 Å². The molecule has 0 aliphatic carbocycles. The lowest BCUT2D eigenvalue weighted by Crippen LogP contribution is -2.37. The summed E-state index contributed by atoms with van der Waals surface area (Å²) in [6.07, 6.45) is 0. The van der Waals surface area contributed by atoms with Crippen LogP contribution in [0, 0.1) is 5.41 Å². The van der Waals surface area contributed by atoms with E-state index < -0.39 is 11.5 Å². The van der Waals surface area contributed by atoms with Crippen LogP contribution < -0.4 is 10.5 Å². The van der Waals surface area contributed by atoms with Gasteiger partial charge in [-0.05, 0) is 52.3 Å². The average molecular weight is 279 g/mol. The van der Waals surface area contributed by atoms with Crippen LogP contribution in [0.3, 0.4) is 0 Å². The lowest BCUT2D eigenvalue weighted by atomic mass is 9.81. The molecule has 0 aromatic heterocycles. The minimum Gasteiger partial charge on any atom is -0.488 e. The van der Waals surface area contributed by atoms with Gasteiger partial charge in [-0.1, -0.05) is 12.1 Å². The van der Waals surface area contributed by atoms with E-state index in [9.17, 15) is 4.79 Å². The third-order valence-electron chi connectivity index (χ3n) is 3.15. The molecule has 0 amide bonds. The normalized spacial score (nSPS) is 13.8. The van der Waals surface area contributed by atoms with Gasteiger partial charge in [-0.2, -0.15) is 0 Å². The van der Waals surface area contributed by atoms with Crippen LogP contribution in [-0.4, -0.2) is 18.7 Å². The second-order valence-corrected chi connectivity index (χ2v) is 6.47. The predicted molar refractivity (Wildman–Crippen MR) is 79.5 cm³/mol. The largest absolute Gasteiger partial charge is 0.488 e. The second kappa shape index (κ2) is 5.83. The third kappa shape index (κ3) is 3.97. The Kier molecular flexibility index (Phi) is 4.81. The highest BCUT2D eigenvalue weighted by Gasteiger charge is 2.36. The van der Waals surface area contributed by atoms with Gasteiger partial charge in [0, 0.05) is 6.04 Å². The summed E-state index contributed by atoms with van der Waals surface area (Å²) in [5.74, 6) is 0.462. The van der Waals surface area contributed by atoms with Gasteiger partial charge in [0.2, 0.25) is 0 Å². The molecule has 1 rings (SSSR count). The zero-order valence-electron chi connectivity index (χ0n) is 13.2. The van der Waals surface area contributed by atoms with Crippen LogP contribution >= 0.6 is 0 Å². The van der Waals surface area contributed by atoms with E-state index in [1.165, 1.54) is 7.11 Å². The maximum atomic E-state index is 11.8. The molecule has 4 nitrogen and oxygen atoms in total. The van der Waals surface area contributed by atoms with E-state index in [0.717, 1.165) is 11.3 Å². The summed E-state index contributed by atoms with van der Waals surface area (Å²) in [5, 5.41) is 0. The Balaban J connectivity index is 2.91. The monoisotopic (exact) mass is 279 g/mol. The van der Waals surface area contributed by atoms with Crippen molar-refractivity contribution in [1.29, 1.82) is 0 Å². The van der Waals surface area contributed by atoms with Gasteiger partial charge in [0.05, 0.1) is 12.5 Å². The van der Waals surface area contributed by atoms with E-state index in [0.29, 0.717) is 0 Å². The van der Waals surface area contributed by atoms with E-state index >= 15 is 0 Å². The molecule has 1 aromatic rings. The number of ether oxygens (including phenoxy) is 2. The van der Waals surface area contributed by atoms with Crippen LogP contribution in [0.25, 0.3) is 0 Å². The van der Waals surface area contributed by atoms with Gasteiger partial charge >= 0.3 is 5.97 Å². The molecule has 0 fully saturated rings. The summed E-state index contributed by atoms with van der Waals surface area (Å²) in [7, 11) is 1.37. The fourth-order valence-electron chi connectivity index (χ4n) is 1.90. The van der Waals surface area contributed by atoms with Gasteiger partial charge in [0.15, 0.2) is 0 Å². The first-order chi connectivity index (χ1) is 9.08. The van der Waals surface area contributed by atoms with Crippen LogP contribution in [-0.2, 0) is 9.53 Å². The van der Waals surface area contributed by atoms with Crippen LogP contribution in [0.5, 0.6) is 5.75 Å². The van der Waals surface area contributed by atoms with Crippen molar-refractivity contribution in [3.05, 3.63) is 29.8 Å². The highest BCUT2D eigenvalue weighted by atomic mass is 16.5. The topological polar surface area (TPSA) is 61.5 Å². The fourth-order valence-corrected chi connectivity index (χ4v) is 1.90. The van der Waals surface area contributed by atoms with Crippen molar-refractivity contribution >= 4 is 5.97 Å². The Morgan fingerprint density at radius 2 is 1.60 bits per heavy atom. The molecule has 0 spiro atoms. The first kappa shape index (κ1) is 16.5. The van der Waals surface area contributed by atoms with E-state index in [2.05, 4.69) is 0 Å². The number of benzene rings is 1. The SMILES string of the molecule is COC(=O)C(C)(C)[C@H](N)c1ccc(OC(C)(C)C)cc1. The molecule has 0 radical (unpaired) electrons. The fraction of sp³-hybridized carbons (Fsp3) is 0.562. The number of carbonyl (C=O) groups excluding carboxylic acids is 1. The van der Waals surface area contributed by atoms with Crippen LogP contribution in [0.4, 0.5) is 0 Å². The number of carbonyl (C=O) groups is 1. The van der Waals surface area contributed by atoms with E-state index in [-0.39, 0.29) is 11.6 Å². The van der Waals surface area contributed by atoms with Crippen LogP contribution in [0.15, 0.2) is 24.3 Å². The quantitative estimate of drug-likeness (QED) is 0.860. The van der Waals surface area contributed by atoms with Crippen molar-refractivity contribution in [2.45, 2.75) is 46.3 Å². The first-order valence-electron chi connectivity index (χ1n) is 6.71. The Hall–Kier alpha value is -1.55. The summed E-state index contributed by atoms with van der Waals surface area (Å²) in [5.41, 5.74) is 6.04. The molecule has 0 saturated heterocycles. The number of rotatable bonds is 4.